The summed E-state index contributed by atoms with van der Waals surface area (Å²) in [5, 5.41) is 10.1. The van der Waals surface area contributed by atoms with Gasteiger partial charge in [-0.05, 0) is 31.7 Å². The quantitative estimate of drug-likeness (QED) is 0.812. The van der Waals surface area contributed by atoms with E-state index >= 15 is 0 Å². The summed E-state index contributed by atoms with van der Waals surface area (Å²) in [6.45, 7) is 4.54. The lowest BCUT2D eigenvalue weighted by Gasteiger charge is -2.26. The summed E-state index contributed by atoms with van der Waals surface area (Å²) in [6.07, 6.45) is 7.44. The number of carbonyl (C=O) groups is 1. The summed E-state index contributed by atoms with van der Waals surface area (Å²) >= 11 is 0. The second kappa shape index (κ2) is 8.17. The minimum Gasteiger partial charge on any atom is -0.365 e. The lowest BCUT2D eigenvalue weighted by atomic mass is 9.97. The number of amides is 1. The molecule has 5 heteroatoms. The van der Waals surface area contributed by atoms with Crippen LogP contribution in [0, 0.1) is 0 Å². The maximum atomic E-state index is 12.2. The number of aromatic nitrogens is 2. The first-order chi connectivity index (χ1) is 10.2. The topological polar surface area (TPSA) is 67.0 Å². The van der Waals surface area contributed by atoms with E-state index in [1.807, 2.05) is 13.0 Å². The summed E-state index contributed by atoms with van der Waals surface area (Å²) in [4.78, 5) is 12.2. The van der Waals surface area contributed by atoms with Crippen LogP contribution in [-0.4, -0.2) is 28.3 Å². The molecule has 1 heterocycles. The monoisotopic (exact) mass is 293 g/mol. The summed E-state index contributed by atoms with van der Waals surface area (Å²) in [5.74, 6) is -0.0179. The van der Waals surface area contributed by atoms with E-state index in [9.17, 15) is 4.79 Å². The lowest BCUT2D eigenvalue weighted by molar-refractivity contribution is -0.138. The van der Waals surface area contributed by atoms with Gasteiger partial charge in [0, 0.05) is 0 Å². The number of nitrogens with one attached hydrogen (secondary N) is 2. The standard InChI is InChI=1S/C16H27N3O2/c1-3-12-10-13(19-18-12)11-17-16(20)15(4-2)21-14-8-6-5-7-9-14/h10,14-15H,3-9,11H2,1-2H3,(H,17,20)(H,18,19)/t15-/m1/s1. The molecular formula is C16H27N3O2. The Bertz CT molecular complexity index is 438. The Labute approximate surface area is 126 Å². The minimum absolute atomic E-state index is 0.0179. The Morgan fingerprint density at radius 1 is 1.43 bits per heavy atom. The third kappa shape index (κ3) is 4.84. The van der Waals surface area contributed by atoms with Gasteiger partial charge in [-0.15, -0.1) is 0 Å². The van der Waals surface area contributed by atoms with Crippen molar-refractivity contribution >= 4 is 5.91 Å². The van der Waals surface area contributed by atoms with Crippen LogP contribution in [0.1, 0.15) is 63.8 Å². The predicted molar refractivity (Wildman–Crippen MR) is 81.8 cm³/mol. The number of hydrogen-bond donors (Lipinski definition) is 2. The number of aromatic amines is 1. The lowest BCUT2D eigenvalue weighted by Crippen LogP contribution is -2.38. The molecule has 21 heavy (non-hydrogen) atoms. The summed E-state index contributed by atoms with van der Waals surface area (Å²) in [6, 6.07) is 1.99. The fourth-order valence-corrected chi connectivity index (χ4v) is 2.75. The smallest absolute Gasteiger partial charge is 0.249 e. The highest BCUT2D eigenvalue weighted by Gasteiger charge is 2.23. The van der Waals surface area contributed by atoms with Crippen LogP contribution < -0.4 is 5.32 Å². The fourth-order valence-electron chi connectivity index (χ4n) is 2.75. The first-order valence-electron chi connectivity index (χ1n) is 8.19. The Kier molecular flexibility index (Phi) is 6.23. The maximum absolute atomic E-state index is 12.2. The molecule has 2 rings (SSSR count). The van der Waals surface area contributed by atoms with Gasteiger partial charge >= 0.3 is 0 Å². The molecule has 1 saturated carbocycles. The van der Waals surface area contributed by atoms with Gasteiger partial charge in [0.25, 0.3) is 0 Å². The van der Waals surface area contributed by atoms with Gasteiger partial charge in [-0.2, -0.15) is 5.10 Å². The van der Waals surface area contributed by atoms with Crippen LogP contribution in [0.5, 0.6) is 0 Å². The van der Waals surface area contributed by atoms with Crippen molar-refractivity contribution in [2.24, 2.45) is 0 Å². The van der Waals surface area contributed by atoms with E-state index in [1.54, 1.807) is 0 Å². The van der Waals surface area contributed by atoms with Gasteiger partial charge in [0.1, 0.15) is 6.10 Å². The Balaban J connectivity index is 1.78. The van der Waals surface area contributed by atoms with Gasteiger partial charge in [-0.3, -0.25) is 9.89 Å². The average molecular weight is 293 g/mol. The second-order valence-electron chi connectivity index (χ2n) is 5.75. The molecule has 5 nitrogen and oxygen atoms in total. The largest absolute Gasteiger partial charge is 0.365 e. The van der Waals surface area contributed by atoms with Gasteiger partial charge in [-0.25, -0.2) is 0 Å². The predicted octanol–water partition coefficient (Wildman–Crippen LogP) is 2.72. The molecule has 1 fully saturated rings. The van der Waals surface area contributed by atoms with Crippen LogP contribution in [0.3, 0.4) is 0 Å². The van der Waals surface area contributed by atoms with Gasteiger partial charge in [0.2, 0.25) is 5.91 Å². The van der Waals surface area contributed by atoms with Gasteiger partial charge in [-0.1, -0.05) is 33.1 Å². The Morgan fingerprint density at radius 3 is 2.81 bits per heavy atom. The highest BCUT2D eigenvalue weighted by molar-refractivity contribution is 5.80. The van der Waals surface area contributed by atoms with Crippen molar-refractivity contribution in [2.75, 3.05) is 0 Å². The first kappa shape index (κ1) is 16.0. The number of nitrogens with zero attached hydrogens (tertiary/aromatic N) is 1. The molecule has 1 aromatic heterocycles. The molecular weight excluding hydrogens is 266 g/mol. The number of hydrogen-bond acceptors (Lipinski definition) is 3. The molecule has 1 amide bonds. The highest BCUT2D eigenvalue weighted by Crippen LogP contribution is 2.22. The highest BCUT2D eigenvalue weighted by atomic mass is 16.5. The SMILES string of the molecule is CCc1cc(CNC(=O)[C@@H](CC)OC2CCCCC2)[nH]n1. The zero-order valence-electron chi connectivity index (χ0n) is 13.2. The minimum atomic E-state index is -0.332. The zero-order chi connectivity index (χ0) is 15.1. The van der Waals surface area contributed by atoms with E-state index in [2.05, 4.69) is 22.4 Å². The average Bonchev–Trinajstić information content (AvgIpc) is 2.99. The molecule has 0 saturated heterocycles. The van der Waals surface area contributed by atoms with Crippen molar-refractivity contribution in [1.82, 2.24) is 15.5 Å². The molecule has 0 aromatic carbocycles. The van der Waals surface area contributed by atoms with Crippen molar-refractivity contribution in [1.29, 1.82) is 0 Å². The number of rotatable bonds is 7. The second-order valence-corrected chi connectivity index (χ2v) is 5.75. The molecule has 2 N–H and O–H groups in total. The van der Waals surface area contributed by atoms with E-state index in [0.717, 1.165) is 30.7 Å². The van der Waals surface area contributed by atoms with Crippen LogP contribution in [0.2, 0.25) is 0 Å². The van der Waals surface area contributed by atoms with Crippen molar-refractivity contribution in [3.05, 3.63) is 17.5 Å². The number of H-pyrrole nitrogens is 1. The molecule has 0 radical (unpaired) electrons. The van der Waals surface area contributed by atoms with Crippen molar-refractivity contribution in [3.8, 4) is 0 Å². The third-order valence-corrected chi connectivity index (χ3v) is 4.07. The van der Waals surface area contributed by atoms with E-state index in [0.29, 0.717) is 13.0 Å². The summed E-state index contributed by atoms with van der Waals surface area (Å²) in [5.41, 5.74) is 1.96. The molecule has 0 bridgehead atoms. The fraction of sp³-hybridized carbons (Fsp3) is 0.750. The molecule has 1 aliphatic carbocycles. The molecule has 0 aliphatic heterocycles. The van der Waals surface area contributed by atoms with Gasteiger partial charge < -0.3 is 10.1 Å². The number of carbonyl (C=O) groups excluding carboxylic acids is 1. The van der Waals surface area contributed by atoms with Crippen molar-refractivity contribution < 1.29 is 9.53 Å². The van der Waals surface area contributed by atoms with Crippen LogP contribution in [0.15, 0.2) is 6.07 Å². The first-order valence-corrected chi connectivity index (χ1v) is 8.19. The van der Waals surface area contributed by atoms with Gasteiger partial charge in [0.05, 0.1) is 24.0 Å². The molecule has 118 valence electrons. The molecule has 0 spiro atoms. The van der Waals surface area contributed by atoms with Crippen LogP contribution >= 0.6 is 0 Å². The van der Waals surface area contributed by atoms with E-state index < -0.39 is 0 Å². The third-order valence-electron chi connectivity index (χ3n) is 4.07. The molecule has 1 aromatic rings. The van der Waals surface area contributed by atoms with Crippen LogP contribution in [0.25, 0.3) is 0 Å². The van der Waals surface area contributed by atoms with E-state index in [-0.39, 0.29) is 18.1 Å². The molecule has 1 atom stereocenters. The van der Waals surface area contributed by atoms with Crippen molar-refractivity contribution in [3.63, 3.8) is 0 Å². The summed E-state index contributed by atoms with van der Waals surface area (Å²) < 4.78 is 5.98. The van der Waals surface area contributed by atoms with Crippen molar-refractivity contribution in [2.45, 2.75) is 77.5 Å². The summed E-state index contributed by atoms with van der Waals surface area (Å²) in [7, 11) is 0. The Hall–Kier alpha value is -1.36. The van der Waals surface area contributed by atoms with Crippen LogP contribution in [-0.2, 0) is 22.5 Å². The maximum Gasteiger partial charge on any atom is 0.249 e. The number of ether oxygens (including phenoxy) is 1. The van der Waals surface area contributed by atoms with E-state index in [4.69, 9.17) is 4.74 Å². The van der Waals surface area contributed by atoms with E-state index in [1.165, 1.54) is 19.3 Å². The molecule has 1 aliphatic rings. The van der Waals surface area contributed by atoms with Gasteiger partial charge in [0.15, 0.2) is 0 Å². The zero-order valence-corrected chi connectivity index (χ0v) is 13.2. The number of aryl methyl sites for hydroxylation is 1. The van der Waals surface area contributed by atoms with Crippen LogP contribution in [0.4, 0.5) is 0 Å². The Morgan fingerprint density at radius 2 is 2.19 bits per heavy atom. The normalized spacial score (nSPS) is 17.6. The molecule has 0 unspecified atom stereocenters.